The molecule has 2 fully saturated rings. The van der Waals surface area contributed by atoms with Gasteiger partial charge in [0, 0.05) is 12.6 Å². The van der Waals surface area contributed by atoms with Crippen molar-refractivity contribution in [1.29, 1.82) is 0 Å². The summed E-state index contributed by atoms with van der Waals surface area (Å²) < 4.78 is 19.0. The summed E-state index contributed by atoms with van der Waals surface area (Å²) in [5.74, 6) is 0.00459. The van der Waals surface area contributed by atoms with Crippen LogP contribution in [0.5, 0.6) is 5.88 Å². The molecule has 1 unspecified atom stereocenters. The van der Waals surface area contributed by atoms with Gasteiger partial charge in [0.2, 0.25) is 11.8 Å². The van der Waals surface area contributed by atoms with Gasteiger partial charge < -0.3 is 15.4 Å². The zero-order valence-electron chi connectivity index (χ0n) is 9.45. The molecule has 17 heavy (non-hydrogen) atoms. The Bertz CT molecular complexity index is 404. The molecule has 92 valence electrons. The van der Waals surface area contributed by atoms with Crippen LogP contribution < -0.4 is 15.4 Å². The maximum absolute atomic E-state index is 13.5. The highest BCUT2D eigenvalue weighted by molar-refractivity contribution is 5.31. The first-order chi connectivity index (χ1) is 8.31. The molecule has 6 heteroatoms. The van der Waals surface area contributed by atoms with Gasteiger partial charge in [0.25, 0.3) is 5.88 Å². The fourth-order valence-corrected chi connectivity index (χ4v) is 1.80. The van der Waals surface area contributed by atoms with E-state index in [2.05, 4.69) is 20.6 Å². The molecule has 0 radical (unpaired) electrons. The summed E-state index contributed by atoms with van der Waals surface area (Å²) in [6.07, 6.45) is 4.31. The normalized spacial score (nSPS) is 23.7. The minimum atomic E-state index is -0.502. The third-order valence-electron chi connectivity index (χ3n) is 2.92. The zero-order chi connectivity index (χ0) is 11.7. The number of halogens is 1. The Balaban J connectivity index is 1.71. The first-order valence-electron chi connectivity index (χ1n) is 5.98. The van der Waals surface area contributed by atoms with Crippen LogP contribution in [-0.2, 0) is 0 Å². The van der Waals surface area contributed by atoms with E-state index in [9.17, 15) is 4.39 Å². The Morgan fingerprint density at radius 2 is 2.29 bits per heavy atom. The molecule has 0 aromatic carbocycles. The Morgan fingerprint density at radius 3 is 3.00 bits per heavy atom. The summed E-state index contributed by atoms with van der Waals surface area (Å²) in [7, 11) is 0. The van der Waals surface area contributed by atoms with Crippen LogP contribution in [0.2, 0.25) is 0 Å². The number of anilines is 1. The second kappa shape index (κ2) is 4.44. The SMILES string of the molecule is Fc1cnc(NC2CC2)nc1OC1CCNC1. The maximum Gasteiger partial charge on any atom is 0.255 e. The number of aromatic nitrogens is 2. The van der Waals surface area contributed by atoms with Gasteiger partial charge in [-0.2, -0.15) is 9.37 Å². The quantitative estimate of drug-likeness (QED) is 0.817. The molecular formula is C11H15FN4O. The van der Waals surface area contributed by atoms with Crippen LogP contribution in [0.15, 0.2) is 6.20 Å². The number of nitrogens with zero attached hydrogens (tertiary/aromatic N) is 2. The van der Waals surface area contributed by atoms with Crippen molar-refractivity contribution in [3.8, 4) is 5.88 Å². The van der Waals surface area contributed by atoms with E-state index in [1.54, 1.807) is 0 Å². The number of nitrogens with one attached hydrogen (secondary N) is 2. The Labute approximate surface area is 98.8 Å². The van der Waals surface area contributed by atoms with Crippen LogP contribution in [0.3, 0.4) is 0 Å². The molecule has 1 aromatic heterocycles. The molecule has 1 saturated heterocycles. The van der Waals surface area contributed by atoms with Gasteiger partial charge in [-0.15, -0.1) is 0 Å². The number of hydrogen-bond donors (Lipinski definition) is 2. The van der Waals surface area contributed by atoms with Gasteiger partial charge in [0.15, 0.2) is 0 Å². The lowest BCUT2D eigenvalue weighted by atomic mass is 10.3. The molecule has 1 saturated carbocycles. The molecule has 0 amide bonds. The Morgan fingerprint density at radius 1 is 1.41 bits per heavy atom. The van der Waals surface area contributed by atoms with Crippen LogP contribution in [0.4, 0.5) is 10.3 Å². The van der Waals surface area contributed by atoms with E-state index in [1.165, 1.54) is 0 Å². The average Bonchev–Trinajstić information content (AvgIpc) is 2.98. The largest absolute Gasteiger partial charge is 0.471 e. The summed E-state index contributed by atoms with van der Waals surface area (Å²) in [4.78, 5) is 7.97. The van der Waals surface area contributed by atoms with E-state index in [0.717, 1.165) is 38.5 Å². The van der Waals surface area contributed by atoms with Crippen molar-refractivity contribution >= 4 is 5.95 Å². The molecule has 1 aromatic rings. The molecule has 5 nitrogen and oxygen atoms in total. The van der Waals surface area contributed by atoms with Gasteiger partial charge in [-0.05, 0) is 25.8 Å². The third-order valence-corrected chi connectivity index (χ3v) is 2.92. The minimum Gasteiger partial charge on any atom is -0.471 e. The highest BCUT2D eigenvalue weighted by atomic mass is 19.1. The van der Waals surface area contributed by atoms with Crippen molar-refractivity contribution in [1.82, 2.24) is 15.3 Å². The summed E-state index contributed by atoms with van der Waals surface area (Å²) in [5, 5.41) is 6.29. The molecule has 0 spiro atoms. The fraction of sp³-hybridized carbons (Fsp3) is 0.636. The molecular weight excluding hydrogens is 223 g/mol. The van der Waals surface area contributed by atoms with E-state index >= 15 is 0 Å². The number of hydrogen-bond acceptors (Lipinski definition) is 5. The molecule has 2 aliphatic rings. The van der Waals surface area contributed by atoms with Crippen molar-refractivity contribution in [2.24, 2.45) is 0 Å². The lowest BCUT2D eigenvalue weighted by Gasteiger charge is -2.12. The predicted octanol–water partition coefficient (Wildman–Crippen LogP) is 0.931. The van der Waals surface area contributed by atoms with Gasteiger partial charge in [-0.25, -0.2) is 4.98 Å². The zero-order valence-corrected chi connectivity index (χ0v) is 9.45. The predicted molar refractivity (Wildman–Crippen MR) is 60.5 cm³/mol. The molecule has 1 aliphatic carbocycles. The minimum absolute atomic E-state index is 0.00757. The highest BCUT2D eigenvalue weighted by Gasteiger charge is 2.23. The second-order valence-electron chi connectivity index (χ2n) is 4.50. The number of ether oxygens (including phenoxy) is 1. The molecule has 1 aliphatic heterocycles. The van der Waals surface area contributed by atoms with Gasteiger partial charge in [0.05, 0.1) is 6.20 Å². The van der Waals surface area contributed by atoms with Crippen LogP contribution in [-0.4, -0.2) is 35.2 Å². The van der Waals surface area contributed by atoms with Crippen LogP contribution in [0.25, 0.3) is 0 Å². The first-order valence-corrected chi connectivity index (χ1v) is 5.98. The molecule has 0 bridgehead atoms. The molecule has 3 rings (SSSR count). The summed E-state index contributed by atoms with van der Waals surface area (Å²) in [6.45, 7) is 1.65. The van der Waals surface area contributed by atoms with Gasteiger partial charge in [-0.3, -0.25) is 0 Å². The summed E-state index contributed by atoms with van der Waals surface area (Å²) in [6, 6.07) is 0.446. The average molecular weight is 238 g/mol. The monoisotopic (exact) mass is 238 g/mol. The lowest BCUT2D eigenvalue weighted by Crippen LogP contribution is -2.21. The van der Waals surface area contributed by atoms with Crippen LogP contribution in [0, 0.1) is 5.82 Å². The van der Waals surface area contributed by atoms with E-state index < -0.39 is 5.82 Å². The smallest absolute Gasteiger partial charge is 0.255 e. The van der Waals surface area contributed by atoms with Gasteiger partial charge >= 0.3 is 0 Å². The standard InChI is InChI=1S/C11H15FN4O/c12-9-6-14-11(15-7-1-2-7)16-10(9)17-8-3-4-13-5-8/h6-8,13H,1-5H2,(H,14,15,16). The van der Waals surface area contributed by atoms with E-state index in [-0.39, 0.29) is 12.0 Å². The molecule has 1 atom stereocenters. The topological polar surface area (TPSA) is 59.1 Å². The molecule has 2 heterocycles. The van der Waals surface area contributed by atoms with E-state index in [4.69, 9.17) is 4.74 Å². The van der Waals surface area contributed by atoms with E-state index in [1.807, 2.05) is 0 Å². The first kappa shape index (κ1) is 10.7. The Hall–Kier alpha value is -1.43. The third kappa shape index (κ3) is 2.63. The summed E-state index contributed by atoms with van der Waals surface area (Å²) in [5.41, 5.74) is 0. The van der Waals surface area contributed by atoms with Gasteiger partial charge in [0.1, 0.15) is 6.10 Å². The van der Waals surface area contributed by atoms with Crippen LogP contribution >= 0.6 is 0 Å². The van der Waals surface area contributed by atoms with Crippen molar-refractivity contribution < 1.29 is 9.13 Å². The van der Waals surface area contributed by atoms with Crippen molar-refractivity contribution in [2.75, 3.05) is 18.4 Å². The maximum atomic E-state index is 13.5. The van der Waals surface area contributed by atoms with Crippen molar-refractivity contribution in [2.45, 2.75) is 31.4 Å². The van der Waals surface area contributed by atoms with Crippen LogP contribution in [0.1, 0.15) is 19.3 Å². The second-order valence-corrected chi connectivity index (χ2v) is 4.50. The van der Waals surface area contributed by atoms with Gasteiger partial charge in [-0.1, -0.05) is 0 Å². The lowest BCUT2D eigenvalue weighted by molar-refractivity contribution is 0.203. The molecule has 2 N–H and O–H groups in total. The summed E-state index contributed by atoms with van der Waals surface area (Å²) >= 11 is 0. The number of rotatable bonds is 4. The van der Waals surface area contributed by atoms with Crippen molar-refractivity contribution in [3.63, 3.8) is 0 Å². The highest BCUT2D eigenvalue weighted by Crippen LogP contribution is 2.24. The Kier molecular flexibility index (Phi) is 2.80. The van der Waals surface area contributed by atoms with E-state index in [0.29, 0.717) is 12.0 Å². The fourth-order valence-electron chi connectivity index (χ4n) is 1.80. The van der Waals surface area contributed by atoms with Crippen molar-refractivity contribution in [3.05, 3.63) is 12.0 Å².